The molecule has 604 valence electrons. The highest BCUT2D eigenvalue weighted by Gasteiger charge is 2.23. The molecule has 0 saturated heterocycles. The topological polar surface area (TPSA) is 0 Å². The molecule has 0 saturated carbocycles. The van der Waals surface area contributed by atoms with Crippen LogP contribution in [0.25, 0.3) is 43.4 Å². The van der Waals surface area contributed by atoms with Gasteiger partial charge in [0, 0.05) is 0 Å². The average molecular weight is 1500 g/mol. The summed E-state index contributed by atoms with van der Waals surface area (Å²) in [6.07, 6.45) is 0. The van der Waals surface area contributed by atoms with E-state index in [2.05, 4.69) is 360 Å². The van der Waals surface area contributed by atoms with Crippen LogP contribution in [0, 0.1) is 360 Å². The van der Waals surface area contributed by atoms with Gasteiger partial charge in [0.1, 0.15) is 0 Å². The fraction of sp³-hybridized carbons (Fsp3) is 0.464. The van der Waals surface area contributed by atoms with E-state index in [1.807, 2.05) is 0 Å². The first kappa shape index (κ1) is 94.8. The molecule has 112 heavy (non-hydrogen) atoms. The third kappa shape index (κ3) is 17.0. The lowest BCUT2D eigenvalue weighted by molar-refractivity contribution is 1.13. The average Bonchev–Trinajstić information content (AvgIpc) is 0.747. The minimum atomic E-state index is 1.44. The first-order valence-corrected chi connectivity index (χ1v) is 42.0. The maximum absolute atomic E-state index is 2.29. The van der Waals surface area contributed by atoms with Crippen molar-refractivity contribution in [1.29, 1.82) is 0 Å². The van der Waals surface area contributed by atoms with Gasteiger partial charge >= 0.3 is 0 Å². The van der Waals surface area contributed by atoms with Crippen LogP contribution in [0.3, 0.4) is 0 Å². The third-order valence-electron chi connectivity index (χ3n) is 31.8. The largest absolute Gasteiger partial charge is 0.0447 e. The van der Waals surface area contributed by atoms with Crippen LogP contribution in [0.4, 0.5) is 0 Å². The maximum Gasteiger partial charge on any atom is -0.0114 e. The van der Waals surface area contributed by atoms with E-state index in [4.69, 9.17) is 0 Å². The summed E-state index contributed by atoms with van der Waals surface area (Å²) in [5.74, 6) is 0. The van der Waals surface area contributed by atoms with Crippen LogP contribution < -0.4 is 0 Å². The van der Waals surface area contributed by atoms with Gasteiger partial charge in [-0.15, -0.1) is 0 Å². The van der Waals surface area contributed by atoms with Gasteiger partial charge < -0.3 is 0 Å². The van der Waals surface area contributed by atoms with Crippen LogP contribution >= 0.6 is 0 Å². The first-order chi connectivity index (χ1) is 51.4. The van der Waals surface area contributed by atoms with Crippen molar-refractivity contribution in [3.05, 3.63) is 289 Å². The molecule has 0 heterocycles. The molecule has 0 spiro atoms. The molecule has 11 aromatic carbocycles. The minimum Gasteiger partial charge on any atom is -0.0447 e. The third-order valence-corrected chi connectivity index (χ3v) is 31.8. The fourth-order valence-corrected chi connectivity index (χ4v) is 18.4. The first-order valence-electron chi connectivity index (χ1n) is 42.0. The maximum atomic E-state index is 2.29. The highest BCUT2D eigenvalue weighted by atomic mass is 14.3. The van der Waals surface area contributed by atoms with E-state index in [0.29, 0.717) is 0 Å². The summed E-state index contributed by atoms with van der Waals surface area (Å²) in [5, 5.41) is 8.90. The number of hydrogen-bond acceptors (Lipinski definition) is 0. The summed E-state index contributed by atoms with van der Waals surface area (Å²) in [4.78, 5) is 0. The van der Waals surface area contributed by atoms with E-state index in [9.17, 15) is 0 Å². The van der Waals surface area contributed by atoms with Gasteiger partial charge in [-0.1, -0.05) is 0 Å². The minimum absolute atomic E-state index is 1.44. The van der Waals surface area contributed by atoms with Gasteiger partial charge in [0.05, 0.1) is 0 Å². The standard InChI is InChI=1S/C22H30.3C18H24.3C12H18/c1-11-13(3)17(7)21(18(8)14(11)4)22-19(9)15(5)12(2)16(6)20(22)10;3*1-9-10(2)14(6)18-16(8)12(4)11(3)15(7)17(18)13(9)5;3*1-7-8(2)10(4)12(6)11(5)9(7)3/h1-10H3;3*1-8H3;3*1-6H3. The Morgan fingerprint density at radius 1 is 0.0536 bits per heavy atom. The molecule has 11 aromatic rings. The highest BCUT2D eigenvalue weighted by molar-refractivity contribution is 5.99. The van der Waals surface area contributed by atoms with E-state index < -0.39 is 0 Å². The van der Waals surface area contributed by atoms with Gasteiger partial charge in [-0.3, -0.25) is 0 Å². The fourth-order valence-electron chi connectivity index (χ4n) is 18.4. The Hall–Kier alpha value is -7.80. The lowest BCUT2D eigenvalue weighted by Crippen LogP contribution is -2.05. The molecule has 0 nitrogen and oxygen atoms in total. The van der Waals surface area contributed by atoms with Gasteiger partial charge in [-0.25, -0.2) is 0 Å². The lowest BCUT2D eigenvalue weighted by Gasteiger charge is -2.25. The molecule has 0 unspecified atom stereocenters. The van der Waals surface area contributed by atoms with Crippen molar-refractivity contribution in [2.24, 2.45) is 0 Å². The van der Waals surface area contributed by atoms with Gasteiger partial charge in [-0.05, 0) is 693 Å². The molecular weight excluding hydrogens is 1350 g/mol. The van der Waals surface area contributed by atoms with E-state index in [1.165, 1.54) is 333 Å². The molecule has 0 aromatic heterocycles. The molecule has 0 atom stereocenters. The predicted octanol–water partition coefficient (Wildman–Crippen LogP) is 33.0. The quantitative estimate of drug-likeness (QED) is 0.154. The van der Waals surface area contributed by atoms with Gasteiger partial charge in [0.25, 0.3) is 0 Å². The van der Waals surface area contributed by atoms with E-state index in [0.717, 1.165) is 0 Å². The summed E-state index contributed by atoms with van der Waals surface area (Å²) in [6.45, 7) is 117. The molecule has 0 radical (unpaired) electrons. The summed E-state index contributed by atoms with van der Waals surface area (Å²) in [6, 6.07) is 0. The van der Waals surface area contributed by atoms with Crippen molar-refractivity contribution in [1.82, 2.24) is 0 Å². The van der Waals surface area contributed by atoms with Gasteiger partial charge in [0.2, 0.25) is 0 Å². The molecule has 0 bridgehead atoms. The van der Waals surface area contributed by atoms with Crippen LogP contribution in [0.2, 0.25) is 0 Å². The normalized spacial score (nSPS) is 11.0. The van der Waals surface area contributed by atoms with Crippen LogP contribution in [0.15, 0.2) is 0 Å². The summed E-state index contributed by atoms with van der Waals surface area (Å²) in [7, 11) is 0. The Labute approximate surface area is 688 Å². The van der Waals surface area contributed by atoms with Crippen LogP contribution in [0.1, 0.15) is 289 Å². The second-order valence-corrected chi connectivity index (χ2v) is 35.5. The van der Waals surface area contributed by atoms with Crippen molar-refractivity contribution in [2.75, 3.05) is 0 Å². The van der Waals surface area contributed by atoms with E-state index in [-0.39, 0.29) is 0 Å². The molecule has 0 fully saturated rings. The second-order valence-electron chi connectivity index (χ2n) is 35.5. The van der Waals surface area contributed by atoms with Crippen molar-refractivity contribution in [3.63, 3.8) is 0 Å². The Balaban J connectivity index is 0.000000236. The van der Waals surface area contributed by atoms with Crippen molar-refractivity contribution >= 4 is 32.3 Å². The summed E-state index contributed by atoms with van der Waals surface area (Å²) in [5.41, 5.74) is 78.3. The van der Waals surface area contributed by atoms with Gasteiger partial charge in [-0.2, -0.15) is 0 Å². The smallest absolute Gasteiger partial charge is 0.0114 e. The van der Waals surface area contributed by atoms with E-state index >= 15 is 0 Å². The predicted molar refractivity (Wildman–Crippen MR) is 509 cm³/mol. The molecular formula is C112H156. The summed E-state index contributed by atoms with van der Waals surface area (Å²) < 4.78 is 0. The summed E-state index contributed by atoms with van der Waals surface area (Å²) >= 11 is 0. The number of rotatable bonds is 1. The second kappa shape index (κ2) is 36.4. The number of benzene rings is 11. The zero-order valence-electron chi connectivity index (χ0n) is 82.0. The molecule has 0 heteroatoms. The van der Waals surface area contributed by atoms with Crippen molar-refractivity contribution in [2.45, 2.75) is 360 Å². The Bertz CT molecular complexity index is 4390. The highest BCUT2D eigenvalue weighted by Crippen LogP contribution is 2.44. The molecule has 0 aliphatic carbocycles. The zero-order valence-corrected chi connectivity index (χ0v) is 82.0. The molecule has 0 N–H and O–H groups in total. The zero-order chi connectivity index (χ0) is 86.6. The molecule has 0 aliphatic heterocycles. The Morgan fingerprint density at radius 2 is 0.0982 bits per heavy atom. The van der Waals surface area contributed by atoms with E-state index in [1.54, 1.807) is 0 Å². The molecule has 0 amide bonds. The van der Waals surface area contributed by atoms with Crippen molar-refractivity contribution in [3.8, 4) is 11.1 Å². The number of fused-ring (bicyclic) bond motifs is 3. The van der Waals surface area contributed by atoms with Gasteiger partial charge in [0.15, 0.2) is 0 Å². The monoisotopic (exact) mass is 1500 g/mol. The molecule has 0 aliphatic rings. The lowest BCUT2D eigenvalue weighted by atomic mass is 9.80. The Kier molecular flexibility index (Phi) is 30.8. The van der Waals surface area contributed by atoms with Crippen LogP contribution in [-0.4, -0.2) is 0 Å². The number of aryl methyl sites for hydroxylation is 12. The SMILES string of the molecule is Cc1c(C)c(C)c(-c2c(C)c(C)c(C)c(C)c2C)c(C)c1C.Cc1c(C)c(C)c(C)c(C)c1C.Cc1c(C)c(C)c(C)c(C)c1C.Cc1c(C)c(C)c(C)c(C)c1C.Cc1c(C)c(C)c2c(C)c(C)c(C)c(C)c2c1C.Cc1c(C)c(C)c2c(C)c(C)c(C)c(C)c2c1C.Cc1c(C)c(C)c2c(C)c(C)c(C)c(C)c2c1C. The number of hydrogen-bond donors (Lipinski definition) is 0. The van der Waals surface area contributed by atoms with Crippen molar-refractivity contribution < 1.29 is 0 Å². The van der Waals surface area contributed by atoms with Crippen LogP contribution in [0.5, 0.6) is 0 Å². The Morgan fingerprint density at radius 3 is 0.161 bits per heavy atom. The molecule has 11 rings (SSSR count). The van der Waals surface area contributed by atoms with Crippen LogP contribution in [-0.2, 0) is 0 Å².